The second-order valence-corrected chi connectivity index (χ2v) is 3.16. The maximum atomic E-state index is 12.3. The Morgan fingerprint density at radius 1 is 1.60 bits per heavy atom. The van der Waals surface area contributed by atoms with Gasteiger partial charge in [-0.2, -0.15) is 0 Å². The number of alkyl halides is 3. The van der Waals surface area contributed by atoms with Crippen LogP contribution in [0.4, 0.5) is 14.5 Å². The molecule has 15 heavy (non-hydrogen) atoms. The molecule has 0 bridgehead atoms. The van der Waals surface area contributed by atoms with Crippen LogP contribution in [0.25, 0.3) is 0 Å². The molecule has 1 heterocycles. The van der Waals surface area contributed by atoms with Gasteiger partial charge in [-0.05, 0) is 0 Å². The lowest BCUT2D eigenvalue weighted by atomic mass is 10.2. The number of pyridine rings is 1. The standard InChI is InChI=1S/C7H4Cl2F2N2O2/c8-2-3-1-4(13(14)15)5(7(10)11)12-6(3)9/h1,7H,2H2. The Morgan fingerprint density at radius 3 is 2.60 bits per heavy atom. The van der Waals surface area contributed by atoms with Gasteiger partial charge in [0.05, 0.1) is 10.8 Å². The number of nitro groups is 1. The number of hydrogen-bond donors (Lipinski definition) is 0. The summed E-state index contributed by atoms with van der Waals surface area (Å²) in [5, 5.41) is 10.2. The molecule has 0 saturated carbocycles. The lowest BCUT2D eigenvalue weighted by Crippen LogP contribution is -2.01. The minimum Gasteiger partial charge on any atom is -0.258 e. The quantitative estimate of drug-likeness (QED) is 0.361. The summed E-state index contributed by atoms with van der Waals surface area (Å²) in [6.07, 6.45) is -3.05. The smallest absolute Gasteiger partial charge is 0.258 e. The molecule has 1 rings (SSSR count). The molecule has 0 N–H and O–H groups in total. The van der Waals surface area contributed by atoms with Gasteiger partial charge in [-0.25, -0.2) is 13.8 Å². The van der Waals surface area contributed by atoms with Crippen molar-refractivity contribution in [3.8, 4) is 0 Å². The van der Waals surface area contributed by atoms with Crippen LogP contribution in [0.5, 0.6) is 0 Å². The van der Waals surface area contributed by atoms with E-state index in [1.54, 1.807) is 0 Å². The van der Waals surface area contributed by atoms with Crippen LogP contribution in [0.15, 0.2) is 6.07 Å². The predicted octanol–water partition coefficient (Wildman–Crippen LogP) is 3.32. The topological polar surface area (TPSA) is 56.0 Å². The third-order valence-corrected chi connectivity index (χ3v) is 2.22. The highest BCUT2D eigenvalue weighted by Gasteiger charge is 2.25. The first-order valence-corrected chi connectivity index (χ1v) is 4.56. The summed E-state index contributed by atoms with van der Waals surface area (Å²) in [7, 11) is 0. The number of rotatable bonds is 3. The monoisotopic (exact) mass is 256 g/mol. The van der Waals surface area contributed by atoms with E-state index in [2.05, 4.69) is 4.98 Å². The van der Waals surface area contributed by atoms with Crippen molar-refractivity contribution in [1.29, 1.82) is 0 Å². The maximum absolute atomic E-state index is 12.3. The molecule has 1 aromatic rings. The largest absolute Gasteiger partial charge is 0.297 e. The van der Waals surface area contributed by atoms with E-state index < -0.39 is 22.7 Å². The molecule has 1 aromatic heterocycles. The Balaban J connectivity index is 3.39. The molecule has 0 spiro atoms. The first-order chi connectivity index (χ1) is 6.97. The first kappa shape index (κ1) is 12.1. The molecule has 0 aliphatic carbocycles. The van der Waals surface area contributed by atoms with Gasteiger partial charge in [0.2, 0.25) is 0 Å². The fourth-order valence-electron chi connectivity index (χ4n) is 0.934. The molecule has 0 saturated heterocycles. The molecule has 0 aliphatic rings. The average Bonchev–Trinajstić information content (AvgIpc) is 2.16. The van der Waals surface area contributed by atoms with E-state index in [0.29, 0.717) is 0 Å². The van der Waals surface area contributed by atoms with Crippen molar-refractivity contribution in [3.05, 3.63) is 32.6 Å². The zero-order valence-corrected chi connectivity index (χ0v) is 8.60. The SMILES string of the molecule is O=[N+]([O-])c1cc(CCl)c(Cl)nc1C(F)F. The van der Waals surface area contributed by atoms with E-state index in [9.17, 15) is 18.9 Å². The van der Waals surface area contributed by atoms with Crippen LogP contribution in [0.2, 0.25) is 5.15 Å². The highest BCUT2D eigenvalue weighted by Crippen LogP contribution is 2.31. The first-order valence-electron chi connectivity index (χ1n) is 3.65. The number of nitrogens with zero attached hydrogens (tertiary/aromatic N) is 2. The summed E-state index contributed by atoms with van der Waals surface area (Å²) in [4.78, 5) is 12.8. The van der Waals surface area contributed by atoms with Crippen molar-refractivity contribution in [2.24, 2.45) is 0 Å². The Labute approximate surface area is 93.0 Å². The highest BCUT2D eigenvalue weighted by molar-refractivity contribution is 6.31. The van der Waals surface area contributed by atoms with E-state index >= 15 is 0 Å². The molecule has 82 valence electrons. The van der Waals surface area contributed by atoms with Gasteiger partial charge in [-0.15, -0.1) is 11.6 Å². The molecular weight excluding hydrogens is 253 g/mol. The Bertz CT molecular complexity index is 401. The Hall–Kier alpha value is -1.01. The van der Waals surface area contributed by atoms with Crippen LogP contribution in [0.1, 0.15) is 17.7 Å². The van der Waals surface area contributed by atoms with Crippen LogP contribution >= 0.6 is 23.2 Å². The lowest BCUT2D eigenvalue weighted by molar-refractivity contribution is -0.386. The van der Waals surface area contributed by atoms with Gasteiger partial charge in [0.15, 0.2) is 5.69 Å². The van der Waals surface area contributed by atoms with Crippen LogP contribution in [-0.4, -0.2) is 9.91 Å². The van der Waals surface area contributed by atoms with Crippen LogP contribution in [-0.2, 0) is 5.88 Å². The molecule has 0 fully saturated rings. The maximum Gasteiger partial charge on any atom is 0.297 e. The zero-order chi connectivity index (χ0) is 11.6. The Morgan fingerprint density at radius 2 is 2.20 bits per heavy atom. The van der Waals surface area contributed by atoms with Crippen LogP contribution < -0.4 is 0 Å². The van der Waals surface area contributed by atoms with Gasteiger partial charge < -0.3 is 0 Å². The van der Waals surface area contributed by atoms with Crippen LogP contribution in [0, 0.1) is 10.1 Å². The van der Waals surface area contributed by atoms with Gasteiger partial charge in [-0.3, -0.25) is 10.1 Å². The molecule has 0 aliphatic heterocycles. The van der Waals surface area contributed by atoms with Crippen molar-refractivity contribution in [3.63, 3.8) is 0 Å². The number of aromatic nitrogens is 1. The van der Waals surface area contributed by atoms with Crippen molar-refractivity contribution in [1.82, 2.24) is 4.98 Å². The van der Waals surface area contributed by atoms with E-state index in [1.807, 2.05) is 0 Å². The second-order valence-electron chi connectivity index (χ2n) is 2.53. The summed E-state index contributed by atoms with van der Waals surface area (Å²) >= 11 is 10.9. The number of halogens is 4. The fourth-order valence-corrected chi connectivity index (χ4v) is 1.42. The summed E-state index contributed by atoms with van der Waals surface area (Å²) in [6.45, 7) is 0. The Kier molecular flexibility index (Phi) is 3.76. The minimum absolute atomic E-state index is 0.129. The van der Waals surface area contributed by atoms with Crippen LogP contribution in [0.3, 0.4) is 0 Å². The van der Waals surface area contributed by atoms with Gasteiger partial charge in [0, 0.05) is 11.6 Å². The molecule has 0 radical (unpaired) electrons. The molecular formula is C7H4Cl2F2N2O2. The molecule has 4 nitrogen and oxygen atoms in total. The summed E-state index contributed by atoms with van der Waals surface area (Å²) in [5.74, 6) is -0.129. The second kappa shape index (κ2) is 4.67. The van der Waals surface area contributed by atoms with E-state index in [1.165, 1.54) is 0 Å². The van der Waals surface area contributed by atoms with Gasteiger partial charge >= 0.3 is 0 Å². The summed E-state index contributed by atoms with van der Waals surface area (Å²) in [6, 6.07) is 0.907. The molecule has 0 aromatic carbocycles. The average molecular weight is 257 g/mol. The van der Waals surface area contributed by atoms with Crippen molar-refractivity contribution in [2.75, 3.05) is 0 Å². The molecule has 8 heteroatoms. The normalized spacial score (nSPS) is 10.7. The minimum atomic E-state index is -3.05. The van der Waals surface area contributed by atoms with Crippen molar-refractivity contribution < 1.29 is 13.7 Å². The molecule has 0 amide bonds. The fraction of sp³-hybridized carbons (Fsp3) is 0.286. The number of hydrogen-bond acceptors (Lipinski definition) is 3. The van der Waals surface area contributed by atoms with Gasteiger partial charge in [-0.1, -0.05) is 11.6 Å². The van der Waals surface area contributed by atoms with Gasteiger partial charge in [0.1, 0.15) is 5.15 Å². The van der Waals surface area contributed by atoms with E-state index in [-0.39, 0.29) is 16.6 Å². The van der Waals surface area contributed by atoms with E-state index in [4.69, 9.17) is 23.2 Å². The predicted molar refractivity (Wildman–Crippen MR) is 50.4 cm³/mol. The van der Waals surface area contributed by atoms with Crippen molar-refractivity contribution in [2.45, 2.75) is 12.3 Å². The third kappa shape index (κ3) is 2.51. The van der Waals surface area contributed by atoms with E-state index in [0.717, 1.165) is 6.07 Å². The zero-order valence-electron chi connectivity index (χ0n) is 7.08. The van der Waals surface area contributed by atoms with Gasteiger partial charge in [0.25, 0.3) is 12.1 Å². The third-order valence-electron chi connectivity index (χ3n) is 1.60. The molecule has 0 unspecified atom stereocenters. The summed E-state index contributed by atoms with van der Waals surface area (Å²) < 4.78 is 24.7. The summed E-state index contributed by atoms with van der Waals surface area (Å²) in [5.41, 5.74) is -1.57. The van der Waals surface area contributed by atoms with Crippen molar-refractivity contribution >= 4 is 28.9 Å². The highest BCUT2D eigenvalue weighted by atomic mass is 35.5. The molecule has 0 atom stereocenters. The lowest BCUT2D eigenvalue weighted by Gasteiger charge is -2.04.